The fraction of sp³-hybridized carbons (Fsp3) is 0.250. The molecule has 3 heterocycles. The van der Waals surface area contributed by atoms with E-state index in [0.29, 0.717) is 35.5 Å². The van der Waals surface area contributed by atoms with Crippen LogP contribution in [0.25, 0.3) is 22.3 Å². The van der Waals surface area contributed by atoms with Crippen LogP contribution in [-0.2, 0) is 0 Å². The average molecular weight is 448 g/mol. The maximum atomic E-state index is 13.0. The van der Waals surface area contributed by atoms with Gasteiger partial charge in [-0.1, -0.05) is 47.1 Å². The van der Waals surface area contributed by atoms with E-state index in [-0.39, 0.29) is 11.9 Å². The van der Waals surface area contributed by atoms with Gasteiger partial charge >= 0.3 is 0 Å². The summed E-state index contributed by atoms with van der Waals surface area (Å²) in [5.41, 5.74) is 2.37. The number of hydrogen-bond acceptors (Lipinski definition) is 6. The topological polar surface area (TPSA) is 75.4 Å². The van der Waals surface area contributed by atoms with Gasteiger partial charge in [-0.2, -0.15) is 4.98 Å². The molecule has 0 spiro atoms. The van der Waals surface area contributed by atoms with Crippen molar-refractivity contribution in [3.63, 3.8) is 0 Å². The van der Waals surface area contributed by atoms with Gasteiger partial charge in [0.2, 0.25) is 11.7 Å². The van der Waals surface area contributed by atoms with Crippen molar-refractivity contribution in [2.75, 3.05) is 26.2 Å². The van der Waals surface area contributed by atoms with Gasteiger partial charge < -0.3 is 9.42 Å². The molecule has 0 radical (unpaired) electrons. The summed E-state index contributed by atoms with van der Waals surface area (Å²) in [5, 5.41) is 5.47. The van der Waals surface area contributed by atoms with Gasteiger partial charge in [0.25, 0.3) is 5.91 Å². The van der Waals surface area contributed by atoms with Crippen molar-refractivity contribution in [1.29, 1.82) is 0 Å². The number of nitrogens with zero attached hydrogens (tertiary/aromatic N) is 5. The molecule has 5 rings (SSSR count). The van der Waals surface area contributed by atoms with Gasteiger partial charge in [0.05, 0.1) is 11.6 Å². The Kier molecular flexibility index (Phi) is 5.59. The smallest absolute Gasteiger partial charge is 0.253 e. The number of fused-ring (bicyclic) bond motifs is 1. The van der Waals surface area contributed by atoms with Gasteiger partial charge in [-0.15, -0.1) is 0 Å². The molecule has 1 unspecified atom stereocenters. The highest BCUT2D eigenvalue weighted by Gasteiger charge is 2.28. The Morgan fingerprint density at radius 3 is 2.56 bits per heavy atom. The molecular weight excluding hydrogens is 426 g/mol. The van der Waals surface area contributed by atoms with E-state index in [2.05, 4.69) is 26.9 Å². The monoisotopic (exact) mass is 447 g/mol. The van der Waals surface area contributed by atoms with Crippen LogP contribution in [0.15, 0.2) is 65.2 Å². The second kappa shape index (κ2) is 8.68. The lowest BCUT2D eigenvalue weighted by atomic mass is 10.1. The Hall–Kier alpha value is -3.29. The fourth-order valence-electron chi connectivity index (χ4n) is 3.99. The zero-order valence-electron chi connectivity index (χ0n) is 17.6. The molecule has 1 saturated heterocycles. The van der Waals surface area contributed by atoms with Crippen molar-refractivity contribution in [3.8, 4) is 11.4 Å². The van der Waals surface area contributed by atoms with Crippen LogP contribution in [0, 0.1) is 0 Å². The van der Waals surface area contributed by atoms with Crippen LogP contribution in [-0.4, -0.2) is 57.0 Å². The quantitative estimate of drug-likeness (QED) is 0.430. The largest absolute Gasteiger partial charge is 0.337 e. The summed E-state index contributed by atoms with van der Waals surface area (Å²) in [4.78, 5) is 26.0. The lowest BCUT2D eigenvalue weighted by molar-refractivity contribution is 0.0552. The predicted octanol–water partition coefficient (Wildman–Crippen LogP) is 4.46. The third-order valence-electron chi connectivity index (χ3n) is 5.88. The van der Waals surface area contributed by atoms with E-state index in [9.17, 15) is 4.79 Å². The molecule has 2 aromatic heterocycles. The molecule has 2 aromatic carbocycles. The minimum Gasteiger partial charge on any atom is -0.337 e. The Morgan fingerprint density at radius 2 is 1.78 bits per heavy atom. The number of carbonyl (C=O) groups is 1. The molecule has 1 aliphatic rings. The van der Waals surface area contributed by atoms with Crippen LogP contribution in [0.5, 0.6) is 0 Å². The number of hydrogen-bond donors (Lipinski definition) is 0. The molecule has 0 aliphatic carbocycles. The molecule has 1 aliphatic heterocycles. The van der Waals surface area contributed by atoms with Gasteiger partial charge in [-0.25, -0.2) is 4.98 Å². The summed E-state index contributed by atoms with van der Waals surface area (Å²) in [5.74, 6) is 1.20. The van der Waals surface area contributed by atoms with Crippen molar-refractivity contribution in [2.24, 2.45) is 0 Å². The van der Waals surface area contributed by atoms with Crippen LogP contribution in [0.3, 0.4) is 0 Å². The van der Waals surface area contributed by atoms with E-state index in [0.717, 1.165) is 29.6 Å². The van der Waals surface area contributed by atoms with E-state index in [4.69, 9.17) is 16.1 Å². The molecule has 0 saturated carbocycles. The third kappa shape index (κ3) is 4.09. The van der Waals surface area contributed by atoms with Crippen molar-refractivity contribution in [1.82, 2.24) is 24.9 Å². The van der Waals surface area contributed by atoms with Crippen LogP contribution in [0.4, 0.5) is 0 Å². The second-order valence-electron chi connectivity index (χ2n) is 7.87. The maximum Gasteiger partial charge on any atom is 0.253 e. The molecule has 0 N–H and O–H groups in total. The van der Waals surface area contributed by atoms with Gasteiger partial charge in [0.15, 0.2) is 0 Å². The highest BCUT2D eigenvalue weighted by molar-refractivity contribution is 6.29. The number of halogens is 1. The zero-order chi connectivity index (χ0) is 22.1. The van der Waals surface area contributed by atoms with Crippen molar-refractivity contribution >= 4 is 28.4 Å². The Balaban J connectivity index is 1.23. The number of pyridine rings is 1. The van der Waals surface area contributed by atoms with Crippen molar-refractivity contribution in [3.05, 3.63) is 77.3 Å². The van der Waals surface area contributed by atoms with Gasteiger partial charge in [-0.3, -0.25) is 9.69 Å². The first-order valence-electron chi connectivity index (χ1n) is 10.6. The fourth-order valence-corrected chi connectivity index (χ4v) is 4.15. The van der Waals surface area contributed by atoms with Gasteiger partial charge in [0.1, 0.15) is 5.15 Å². The Bertz CT molecular complexity index is 1250. The number of rotatable bonds is 4. The van der Waals surface area contributed by atoms with Crippen LogP contribution < -0.4 is 0 Å². The molecule has 4 aromatic rings. The van der Waals surface area contributed by atoms with Crippen molar-refractivity contribution < 1.29 is 9.32 Å². The summed E-state index contributed by atoms with van der Waals surface area (Å²) < 4.78 is 5.53. The normalized spacial score (nSPS) is 15.8. The Labute approximate surface area is 190 Å². The van der Waals surface area contributed by atoms with Crippen LogP contribution in [0.1, 0.15) is 29.2 Å². The van der Waals surface area contributed by atoms with E-state index in [1.807, 2.05) is 59.5 Å². The number of amides is 1. The van der Waals surface area contributed by atoms with E-state index < -0.39 is 0 Å². The minimum atomic E-state index is -0.0197. The summed E-state index contributed by atoms with van der Waals surface area (Å²) in [7, 11) is 0. The second-order valence-corrected chi connectivity index (χ2v) is 8.26. The SMILES string of the molecule is CC(c1nc(-c2ccccc2)no1)N1CCN(C(=O)c2ccc3nc(Cl)ccc3c2)CC1. The molecule has 1 amide bonds. The molecule has 162 valence electrons. The molecule has 1 fully saturated rings. The maximum absolute atomic E-state index is 13.0. The predicted molar refractivity (Wildman–Crippen MR) is 122 cm³/mol. The summed E-state index contributed by atoms with van der Waals surface area (Å²) in [6.07, 6.45) is 0. The highest BCUT2D eigenvalue weighted by Crippen LogP contribution is 2.24. The summed E-state index contributed by atoms with van der Waals surface area (Å²) >= 11 is 5.95. The minimum absolute atomic E-state index is 0.0197. The zero-order valence-corrected chi connectivity index (χ0v) is 18.4. The number of piperazine rings is 1. The van der Waals surface area contributed by atoms with E-state index >= 15 is 0 Å². The molecular formula is C24H22ClN5O2. The summed E-state index contributed by atoms with van der Waals surface area (Å²) in [6, 6.07) is 18.9. The highest BCUT2D eigenvalue weighted by atomic mass is 35.5. The van der Waals surface area contributed by atoms with E-state index in [1.165, 1.54) is 0 Å². The molecule has 0 bridgehead atoms. The number of benzene rings is 2. The average Bonchev–Trinajstić information content (AvgIpc) is 3.34. The number of aromatic nitrogens is 3. The van der Waals surface area contributed by atoms with Crippen molar-refractivity contribution in [2.45, 2.75) is 13.0 Å². The van der Waals surface area contributed by atoms with Crippen LogP contribution in [0.2, 0.25) is 5.15 Å². The van der Waals surface area contributed by atoms with Gasteiger partial charge in [-0.05, 0) is 37.3 Å². The van der Waals surface area contributed by atoms with Crippen LogP contribution >= 0.6 is 11.6 Å². The molecule has 1 atom stereocenters. The lowest BCUT2D eigenvalue weighted by Gasteiger charge is -2.36. The molecule has 8 heteroatoms. The first-order valence-corrected chi connectivity index (χ1v) is 10.9. The summed E-state index contributed by atoms with van der Waals surface area (Å²) in [6.45, 7) is 4.81. The Morgan fingerprint density at radius 1 is 1.00 bits per heavy atom. The molecule has 7 nitrogen and oxygen atoms in total. The van der Waals surface area contributed by atoms with Gasteiger partial charge in [0, 0.05) is 42.7 Å². The molecule has 32 heavy (non-hydrogen) atoms. The van der Waals surface area contributed by atoms with E-state index in [1.54, 1.807) is 6.07 Å². The first-order chi connectivity index (χ1) is 15.6. The third-order valence-corrected chi connectivity index (χ3v) is 6.09. The lowest BCUT2D eigenvalue weighted by Crippen LogP contribution is -2.49. The first kappa shape index (κ1) is 20.6. The standard InChI is InChI=1S/C24H22ClN5O2/c1-16(23-27-22(28-32-23)17-5-3-2-4-6-17)29-11-13-30(14-12-29)24(31)19-7-9-20-18(15-19)8-10-21(25)26-20/h2-10,15-16H,11-14H2,1H3. The number of carbonyl (C=O) groups excluding carboxylic acids is 1.